The van der Waals surface area contributed by atoms with Gasteiger partial charge >= 0.3 is 0 Å². The number of amides is 1. The van der Waals surface area contributed by atoms with Crippen molar-refractivity contribution in [3.63, 3.8) is 0 Å². The molecule has 1 fully saturated rings. The molecule has 0 bridgehead atoms. The van der Waals surface area contributed by atoms with E-state index in [9.17, 15) is 13.2 Å². The summed E-state index contributed by atoms with van der Waals surface area (Å²) in [5.41, 5.74) is 1.77. The molecule has 0 aliphatic carbocycles. The number of nitrogens with one attached hydrogen (secondary N) is 1. The van der Waals surface area contributed by atoms with Crippen LogP contribution in [-0.2, 0) is 14.8 Å². The Bertz CT molecular complexity index is 893. The molecule has 0 atom stereocenters. The molecule has 2 aromatic rings. The molecule has 0 aromatic heterocycles. The standard InChI is InChI=1S/C19H22ClN3O3S/c1-22(27(25,26)18-10-4-15(20)5-11-18)14-19(24)21-16-6-8-17(9-7-16)23-12-2-3-13-23/h4-11H,2-3,12-14H2,1H3,(H,21,24). The number of carbonyl (C=O) groups excluding carboxylic acids is 1. The fourth-order valence-corrected chi connectivity index (χ4v) is 4.26. The Kier molecular flexibility index (Phi) is 6.04. The fraction of sp³-hybridized carbons (Fsp3) is 0.316. The van der Waals surface area contributed by atoms with Crippen LogP contribution >= 0.6 is 11.6 Å². The van der Waals surface area contributed by atoms with Gasteiger partial charge in [-0.2, -0.15) is 4.31 Å². The third-order valence-corrected chi connectivity index (χ3v) is 6.58. The van der Waals surface area contributed by atoms with Crippen molar-refractivity contribution in [2.75, 3.05) is 36.9 Å². The van der Waals surface area contributed by atoms with Gasteiger partial charge in [-0.25, -0.2) is 8.42 Å². The number of hydrogen-bond acceptors (Lipinski definition) is 4. The van der Waals surface area contributed by atoms with E-state index < -0.39 is 15.9 Å². The third-order valence-electron chi connectivity index (χ3n) is 4.51. The summed E-state index contributed by atoms with van der Waals surface area (Å²) < 4.78 is 26.1. The summed E-state index contributed by atoms with van der Waals surface area (Å²) in [6.45, 7) is 1.83. The van der Waals surface area contributed by atoms with Gasteiger partial charge in [0.25, 0.3) is 0 Å². The van der Waals surface area contributed by atoms with Crippen molar-refractivity contribution >= 4 is 38.9 Å². The number of hydrogen-bond donors (Lipinski definition) is 1. The topological polar surface area (TPSA) is 69.7 Å². The van der Waals surface area contributed by atoms with Crippen LogP contribution in [0.5, 0.6) is 0 Å². The van der Waals surface area contributed by atoms with Gasteiger partial charge in [-0.15, -0.1) is 0 Å². The van der Waals surface area contributed by atoms with Gasteiger partial charge in [0.1, 0.15) is 0 Å². The van der Waals surface area contributed by atoms with Crippen LogP contribution in [0, 0.1) is 0 Å². The number of anilines is 2. The average Bonchev–Trinajstić information content (AvgIpc) is 3.17. The predicted molar refractivity (Wildman–Crippen MR) is 108 cm³/mol. The van der Waals surface area contributed by atoms with Crippen molar-refractivity contribution in [3.8, 4) is 0 Å². The smallest absolute Gasteiger partial charge is 0.243 e. The molecule has 0 saturated carbocycles. The molecule has 1 heterocycles. The SMILES string of the molecule is CN(CC(=O)Nc1ccc(N2CCCC2)cc1)S(=O)(=O)c1ccc(Cl)cc1. The van der Waals surface area contributed by atoms with Crippen LogP contribution in [0.1, 0.15) is 12.8 Å². The molecule has 1 N–H and O–H groups in total. The number of benzene rings is 2. The van der Waals surface area contributed by atoms with Crippen LogP contribution < -0.4 is 10.2 Å². The molecule has 27 heavy (non-hydrogen) atoms. The van der Waals surface area contributed by atoms with Gasteiger partial charge in [-0.3, -0.25) is 4.79 Å². The van der Waals surface area contributed by atoms with Crippen molar-refractivity contribution in [2.24, 2.45) is 0 Å². The molecule has 1 saturated heterocycles. The minimum absolute atomic E-state index is 0.0946. The molecule has 2 aromatic carbocycles. The van der Waals surface area contributed by atoms with Gasteiger partial charge in [0.15, 0.2) is 0 Å². The highest BCUT2D eigenvalue weighted by Crippen LogP contribution is 2.22. The molecule has 3 rings (SSSR count). The van der Waals surface area contributed by atoms with Gasteiger partial charge in [0.2, 0.25) is 15.9 Å². The molecular weight excluding hydrogens is 386 g/mol. The lowest BCUT2D eigenvalue weighted by Gasteiger charge is -2.19. The predicted octanol–water partition coefficient (Wildman–Crippen LogP) is 3.20. The van der Waals surface area contributed by atoms with Crippen molar-refractivity contribution in [2.45, 2.75) is 17.7 Å². The first-order valence-corrected chi connectivity index (χ1v) is 10.5. The average molecular weight is 408 g/mol. The van der Waals surface area contributed by atoms with E-state index >= 15 is 0 Å². The first kappa shape index (κ1) is 19.7. The highest BCUT2D eigenvalue weighted by Gasteiger charge is 2.23. The largest absolute Gasteiger partial charge is 0.372 e. The summed E-state index contributed by atoms with van der Waals surface area (Å²) in [6.07, 6.45) is 2.40. The minimum atomic E-state index is -3.75. The lowest BCUT2D eigenvalue weighted by molar-refractivity contribution is -0.116. The van der Waals surface area contributed by atoms with E-state index in [0.29, 0.717) is 10.7 Å². The van der Waals surface area contributed by atoms with E-state index in [0.717, 1.165) is 23.1 Å². The summed E-state index contributed by atoms with van der Waals surface area (Å²) >= 11 is 5.79. The van der Waals surface area contributed by atoms with Crippen LogP contribution in [0.3, 0.4) is 0 Å². The molecule has 8 heteroatoms. The van der Waals surface area contributed by atoms with Crippen LogP contribution in [0.2, 0.25) is 5.02 Å². The summed E-state index contributed by atoms with van der Waals surface area (Å²) in [6, 6.07) is 13.4. The molecule has 0 radical (unpaired) electrons. The van der Waals surface area contributed by atoms with E-state index in [1.807, 2.05) is 24.3 Å². The third kappa shape index (κ3) is 4.80. The zero-order valence-electron chi connectivity index (χ0n) is 15.1. The summed E-state index contributed by atoms with van der Waals surface area (Å²) in [4.78, 5) is 14.6. The molecule has 0 spiro atoms. The Morgan fingerprint density at radius 1 is 1.07 bits per heavy atom. The van der Waals surface area contributed by atoms with Crippen molar-refractivity contribution in [1.29, 1.82) is 0 Å². The molecule has 0 unspecified atom stereocenters. The zero-order chi connectivity index (χ0) is 19.4. The second-order valence-electron chi connectivity index (χ2n) is 6.50. The summed E-state index contributed by atoms with van der Waals surface area (Å²) in [5.74, 6) is -0.399. The van der Waals surface area contributed by atoms with Crippen molar-refractivity contribution < 1.29 is 13.2 Å². The van der Waals surface area contributed by atoms with Crippen LogP contribution in [-0.4, -0.2) is 45.3 Å². The van der Waals surface area contributed by atoms with Gasteiger partial charge < -0.3 is 10.2 Å². The monoisotopic (exact) mass is 407 g/mol. The maximum atomic E-state index is 12.5. The van der Waals surface area contributed by atoms with E-state index in [-0.39, 0.29) is 11.4 Å². The van der Waals surface area contributed by atoms with Gasteiger partial charge in [0.05, 0.1) is 11.4 Å². The number of halogens is 1. The fourth-order valence-electron chi connectivity index (χ4n) is 3.01. The minimum Gasteiger partial charge on any atom is -0.372 e. The quantitative estimate of drug-likeness (QED) is 0.798. The lowest BCUT2D eigenvalue weighted by atomic mass is 10.2. The molecule has 144 valence electrons. The highest BCUT2D eigenvalue weighted by molar-refractivity contribution is 7.89. The Labute approximate surface area is 164 Å². The van der Waals surface area contributed by atoms with Crippen molar-refractivity contribution in [1.82, 2.24) is 4.31 Å². The summed E-state index contributed by atoms with van der Waals surface area (Å²) in [7, 11) is -2.38. The number of likely N-dealkylation sites (N-methyl/N-ethyl adjacent to an activating group) is 1. The van der Waals surface area contributed by atoms with Gasteiger partial charge in [-0.05, 0) is 61.4 Å². The molecular formula is C19H22ClN3O3S. The second-order valence-corrected chi connectivity index (χ2v) is 8.99. The Morgan fingerprint density at radius 3 is 2.26 bits per heavy atom. The van der Waals surface area contributed by atoms with E-state index in [1.54, 1.807) is 0 Å². The number of nitrogens with zero attached hydrogens (tertiary/aromatic N) is 2. The first-order valence-electron chi connectivity index (χ1n) is 8.73. The maximum absolute atomic E-state index is 12.5. The molecule has 1 amide bonds. The first-order chi connectivity index (χ1) is 12.9. The maximum Gasteiger partial charge on any atom is 0.243 e. The Balaban J connectivity index is 1.60. The molecule has 6 nitrogen and oxygen atoms in total. The normalized spacial score (nSPS) is 14.6. The highest BCUT2D eigenvalue weighted by atomic mass is 35.5. The molecule has 1 aliphatic rings. The Hall–Kier alpha value is -2.09. The summed E-state index contributed by atoms with van der Waals surface area (Å²) in [5, 5.41) is 3.19. The van der Waals surface area contributed by atoms with Crippen LogP contribution in [0.15, 0.2) is 53.4 Å². The van der Waals surface area contributed by atoms with E-state index in [4.69, 9.17) is 11.6 Å². The van der Waals surface area contributed by atoms with E-state index in [2.05, 4.69) is 10.2 Å². The Morgan fingerprint density at radius 2 is 1.67 bits per heavy atom. The van der Waals surface area contributed by atoms with Gasteiger partial charge in [-0.1, -0.05) is 11.6 Å². The second kappa shape index (κ2) is 8.29. The number of sulfonamides is 1. The lowest BCUT2D eigenvalue weighted by Crippen LogP contribution is -2.34. The number of carbonyl (C=O) groups is 1. The van der Waals surface area contributed by atoms with Crippen molar-refractivity contribution in [3.05, 3.63) is 53.6 Å². The van der Waals surface area contributed by atoms with E-state index in [1.165, 1.54) is 44.2 Å². The zero-order valence-corrected chi connectivity index (χ0v) is 16.6. The number of rotatable bonds is 6. The molecule has 1 aliphatic heterocycles. The van der Waals surface area contributed by atoms with Crippen LogP contribution in [0.25, 0.3) is 0 Å². The van der Waals surface area contributed by atoms with Gasteiger partial charge in [0, 0.05) is 36.5 Å². The van der Waals surface area contributed by atoms with Crippen LogP contribution in [0.4, 0.5) is 11.4 Å².